The van der Waals surface area contributed by atoms with Gasteiger partial charge in [-0.1, -0.05) is 18.4 Å². The van der Waals surface area contributed by atoms with E-state index in [2.05, 4.69) is 15.8 Å². The third-order valence-electron chi connectivity index (χ3n) is 13.1. The van der Waals surface area contributed by atoms with E-state index in [0.29, 0.717) is 61.1 Å². The summed E-state index contributed by atoms with van der Waals surface area (Å²) in [6.07, 6.45) is 14.9. The van der Waals surface area contributed by atoms with Gasteiger partial charge in [0.15, 0.2) is 5.82 Å². The number of hydrogen-bond donors (Lipinski definition) is 2. The fraction of sp³-hybridized carbons (Fsp3) is 0.548. The Hall–Kier alpha value is -4.31. The second-order valence-corrected chi connectivity index (χ2v) is 16.6. The minimum atomic E-state index is -1.00. The van der Waals surface area contributed by atoms with E-state index in [1.54, 1.807) is 6.92 Å². The summed E-state index contributed by atoms with van der Waals surface area (Å²) in [7, 11) is 1.43. The topological polar surface area (TPSA) is 113 Å². The minimum Gasteiger partial charge on any atom is -0.508 e. The summed E-state index contributed by atoms with van der Waals surface area (Å²) >= 11 is 0. The number of fused-ring (bicyclic) bond motifs is 4. The predicted molar refractivity (Wildman–Crippen MR) is 201 cm³/mol. The fourth-order valence-corrected chi connectivity index (χ4v) is 10.7. The summed E-state index contributed by atoms with van der Waals surface area (Å²) in [5.41, 5.74) is -1.37. The second kappa shape index (κ2) is 13.5. The number of benzene rings is 2. The Morgan fingerprint density at radius 1 is 1.02 bits per heavy atom. The molecule has 9 rings (SSSR count). The molecule has 2 saturated carbocycles. The van der Waals surface area contributed by atoms with Crippen LogP contribution in [-0.2, 0) is 4.74 Å². The lowest BCUT2D eigenvalue weighted by molar-refractivity contribution is -0.0247. The Kier molecular flexibility index (Phi) is 8.83. The molecule has 5 fully saturated rings. The van der Waals surface area contributed by atoms with Crippen molar-refractivity contribution < 1.29 is 33.2 Å². The average molecular weight is 740 g/mol. The van der Waals surface area contributed by atoms with E-state index in [0.717, 1.165) is 51.9 Å². The Labute approximate surface area is 313 Å². The number of pyridine rings is 1. The van der Waals surface area contributed by atoms with Gasteiger partial charge < -0.3 is 29.3 Å². The summed E-state index contributed by atoms with van der Waals surface area (Å²) in [6.45, 7) is 5.85. The van der Waals surface area contributed by atoms with Crippen LogP contribution in [0.15, 0.2) is 24.3 Å². The number of phenols is 1. The van der Waals surface area contributed by atoms with E-state index < -0.39 is 17.2 Å². The highest BCUT2D eigenvalue weighted by Gasteiger charge is 2.52. The summed E-state index contributed by atoms with van der Waals surface area (Å²) < 4.78 is 50.6. The molecule has 0 radical (unpaired) electrons. The quantitative estimate of drug-likeness (QED) is 0.201. The molecule has 1 unspecified atom stereocenters. The van der Waals surface area contributed by atoms with Crippen LogP contribution < -0.4 is 14.4 Å². The van der Waals surface area contributed by atoms with Gasteiger partial charge in [-0.15, -0.1) is 6.42 Å². The average Bonchev–Trinajstić information content (AvgIpc) is 3.90. The van der Waals surface area contributed by atoms with E-state index in [1.165, 1.54) is 44.2 Å². The standard InChI is InChI=1S/C42H47F2N5O5/c1-4-29-31(43)10-9-24-18-28(50)19-30(33(24)29)36-35(44)37-34(39(45-36)52-3)38(48-14-6-11-41(2,51)22-48)47-40(46-37)54-23-42-12-5-8-32(42)49(15-7-13-42)27-16-25-20-53-21-26(25)17-27/h1,9-10,18-19,25-27,32,50-51H,5-8,11-17,20-23H2,2-3H3/t25-,26+,27?,32-,41-,42-/m1/s1. The van der Waals surface area contributed by atoms with Crippen molar-refractivity contribution in [2.75, 3.05) is 51.5 Å². The van der Waals surface area contributed by atoms with Gasteiger partial charge in [0, 0.05) is 54.8 Å². The van der Waals surface area contributed by atoms with Crippen molar-refractivity contribution in [1.82, 2.24) is 19.9 Å². The van der Waals surface area contributed by atoms with Gasteiger partial charge in [0.25, 0.3) is 0 Å². The number of likely N-dealkylation sites (tertiary alicyclic amines) is 1. The number of rotatable bonds is 7. The monoisotopic (exact) mass is 739 g/mol. The molecular weight excluding hydrogens is 692 g/mol. The molecule has 3 aliphatic heterocycles. The summed E-state index contributed by atoms with van der Waals surface area (Å²) in [5.74, 6) is 2.45. The lowest BCUT2D eigenvalue weighted by Gasteiger charge is -2.48. The molecule has 6 atom stereocenters. The number of anilines is 1. The zero-order valence-electron chi connectivity index (χ0n) is 30.9. The number of hydrogen-bond acceptors (Lipinski definition) is 10. The first-order chi connectivity index (χ1) is 26.1. The highest BCUT2D eigenvalue weighted by atomic mass is 19.1. The first-order valence-corrected chi connectivity index (χ1v) is 19.4. The van der Waals surface area contributed by atoms with E-state index in [9.17, 15) is 10.2 Å². The van der Waals surface area contributed by atoms with Gasteiger partial charge in [-0.25, -0.2) is 13.8 Å². The predicted octanol–water partition coefficient (Wildman–Crippen LogP) is 6.61. The van der Waals surface area contributed by atoms with Crippen molar-refractivity contribution in [3.8, 4) is 41.2 Å². The van der Waals surface area contributed by atoms with Gasteiger partial charge >= 0.3 is 6.01 Å². The molecule has 4 aromatic rings. The molecule has 0 bridgehead atoms. The number of ether oxygens (including phenoxy) is 3. The number of phenolic OH excluding ortho intramolecular Hbond substituents is 1. The lowest BCUT2D eigenvalue weighted by atomic mass is 9.75. The van der Waals surface area contributed by atoms with Gasteiger partial charge in [0.1, 0.15) is 34.0 Å². The molecular formula is C42H47F2N5O5. The normalized spacial score (nSPS) is 29.7. The van der Waals surface area contributed by atoms with Crippen LogP contribution in [-0.4, -0.2) is 94.3 Å². The Morgan fingerprint density at radius 3 is 2.56 bits per heavy atom. The van der Waals surface area contributed by atoms with E-state index in [1.807, 2.05) is 4.90 Å². The molecule has 2 aromatic heterocycles. The van der Waals surface area contributed by atoms with Crippen molar-refractivity contribution in [1.29, 1.82) is 0 Å². The van der Waals surface area contributed by atoms with Crippen LogP contribution in [0.1, 0.15) is 70.3 Å². The van der Waals surface area contributed by atoms with E-state index in [-0.39, 0.29) is 62.7 Å². The van der Waals surface area contributed by atoms with Gasteiger partial charge in [-0.05, 0) is 100 Å². The zero-order valence-corrected chi connectivity index (χ0v) is 30.9. The third-order valence-corrected chi connectivity index (χ3v) is 13.1. The number of terminal acetylenes is 1. The fourth-order valence-electron chi connectivity index (χ4n) is 10.7. The molecule has 284 valence electrons. The number of methoxy groups -OCH3 is 1. The Bertz CT molecular complexity index is 2160. The van der Waals surface area contributed by atoms with E-state index >= 15 is 8.78 Å². The van der Waals surface area contributed by atoms with Crippen LogP contribution in [0.2, 0.25) is 0 Å². The van der Waals surface area contributed by atoms with Crippen molar-refractivity contribution >= 4 is 27.5 Å². The largest absolute Gasteiger partial charge is 0.508 e. The number of aromatic nitrogens is 3. The van der Waals surface area contributed by atoms with Crippen molar-refractivity contribution in [3.63, 3.8) is 0 Å². The molecule has 54 heavy (non-hydrogen) atoms. The van der Waals surface area contributed by atoms with Crippen molar-refractivity contribution in [3.05, 3.63) is 41.5 Å². The first kappa shape index (κ1) is 35.4. The molecule has 0 spiro atoms. The van der Waals surface area contributed by atoms with Crippen LogP contribution in [0.4, 0.5) is 14.6 Å². The van der Waals surface area contributed by atoms with Crippen molar-refractivity contribution in [2.45, 2.75) is 82.4 Å². The SMILES string of the molecule is C#Cc1c(F)ccc2cc(O)cc(-c3nc(OC)c4c(N5CCC[C@@](C)(O)C5)nc(OC[C@]56CCC[C@H]5N(C5C[C@H]7COC[C@H]7C5)CCC6)nc4c3F)c12. The Balaban J connectivity index is 1.15. The van der Waals surface area contributed by atoms with E-state index in [4.69, 9.17) is 30.6 Å². The number of aromatic hydroxyl groups is 1. The van der Waals surface area contributed by atoms with Gasteiger partial charge in [-0.3, -0.25) is 4.90 Å². The first-order valence-electron chi connectivity index (χ1n) is 19.4. The number of β-amino-alcohol motifs (C(OH)–C–C–N with tert-alkyl or cyclic N) is 1. The molecule has 10 nitrogen and oxygen atoms in total. The number of nitrogens with zero attached hydrogens (tertiary/aromatic N) is 5. The number of halogens is 2. The maximum Gasteiger partial charge on any atom is 0.319 e. The summed E-state index contributed by atoms with van der Waals surface area (Å²) in [5, 5.41) is 22.8. The van der Waals surface area contributed by atoms with Crippen molar-refractivity contribution in [2.24, 2.45) is 17.3 Å². The van der Waals surface area contributed by atoms with Crippen LogP contribution in [0.3, 0.4) is 0 Å². The molecule has 12 heteroatoms. The smallest absolute Gasteiger partial charge is 0.319 e. The number of aliphatic hydroxyl groups is 1. The van der Waals surface area contributed by atoms with Crippen LogP contribution in [0, 0.1) is 41.2 Å². The van der Waals surface area contributed by atoms with Crippen LogP contribution >= 0.6 is 0 Å². The summed E-state index contributed by atoms with van der Waals surface area (Å²) in [4.78, 5) is 19.0. The second-order valence-electron chi connectivity index (χ2n) is 16.6. The van der Waals surface area contributed by atoms with Gasteiger partial charge in [0.05, 0.1) is 24.9 Å². The maximum atomic E-state index is 17.3. The zero-order chi connectivity index (χ0) is 37.4. The van der Waals surface area contributed by atoms with Gasteiger partial charge in [-0.2, -0.15) is 9.97 Å². The molecule has 5 aliphatic rings. The highest BCUT2D eigenvalue weighted by molar-refractivity contribution is 6.04. The Morgan fingerprint density at radius 2 is 1.80 bits per heavy atom. The molecule has 2 aromatic carbocycles. The third kappa shape index (κ3) is 5.90. The highest BCUT2D eigenvalue weighted by Crippen LogP contribution is 2.51. The molecule has 2 aliphatic carbocycles. The summed E-state index contributed by atoms with van der Waals surface area (Å²) in [6, 6.07) is 6.45. The lowest BCUT2D eigenvalue weighted by Crippen LogP contribution is -2.55. The van der Waals surface area contributed by atoms with Gasteiger partial charge in [0.2, 0.25) is 5.88 Å². The molecule has 5 heterocycles. The minimum absolute atomic E-state index is 0.0293. The molecule has 2 N–H and O–H groups in total. The number of piperidine rings is 2. The van der Waals surface area contributed by atoms with Crippen LogP contribution in [0.5, 0.6) is 17.6 Å². The molecule has 3 saturated heterocycles. The molecule has 0 amide bonds. The maximum absolute atomic E-state index is 17.3. The van der Waals surface area contributed by atoms with Crippen LogP contribution in [0.25, 0.3) is 32.9 Å².